The zero-order valence-corrected chi connectivity index (χ0v) is 13.1. The number of nitrogens with two attached hydrogens (primary N) is 1. The van der Waals surface area contributed by atoms with E-state index in [-0.39, 0.29) is 16.8 Å². The summed E-state index contributed by atoms with van der Waals surface area (Å²) in [5.74, 6) is 0.272. The standard InChI is InChI=1S/C15H19N3O2S/c1-10-6-7-11(2)13(9-10)12(3)18-15-14(21(16,19)20)5-4-8-17-15/h4-9,12H,1-3H3,(H,17,18)(H2,16,19,20)/t12-/m0/s1. The first-order valence-electron chi connectivity index (χ1n) is 6.60. The second kappa shape index (κ2) is 5.83. The van der Waals surface area contributed by atoms with Gasteiger partial charge in [0.15, 0.2) is 0 Å². The number of nitrogens with zero attached hydrogens (tertiary/aromatic N) is 1. The summed E-state index contributed by atoms with van der Waals surface area (Å²) in [5.41, 5.74) is 3.38. The average Bonchev–Trinajstić information content (AvgIpc) is 2.41. The van der Waals surface area contributed by atoms with Gasteiger partial charge in [0, 0.05) is 6.20 Å². The largest absolute Gasteiger partial charge is 0.362 e. The monoisotopic (exact) mass is 305 g/mol. The molecule has 0 unspecified atom stereocenters. The van der Waals surface area contributed by atoms with Crippen molar-refractivity contribution in [3.8, 4) is 0 Å². The number of aryl methyl sites for hydroxylation is 2. The molecule has 3 N–H and O–H groups in total. The van der Waals surface area contributed by atoms with Crippen molar-refractivity contribution < 1.29 is 8.42 Å². The first-order chi connectivity index (χ1) is 9.79. The van der Waals surface area contributed by atoms with Gasteiger partial charge in [0.25, 0.3) is 0 Å². The highest BCUT2D eigenvalue weighted by Gasteiger charge is 2.17. The van der Waals surface area contributed by atoms with Crippen LogP contribution in [-0.2, 0) is 10.0 Å². The van der Waals surface area contributed by atoms with Crippen molar-refractivity contribution in [3.05, 3.63) is 53.2 Å². The minimum absolute atomic E-state index is 0.00200. The molecule has 1 heterocycles. The molecule has 2 rings (SSSR count). The fourth-order valence-corrected chi connectivity index (χ4v) is 2.89. The van der Waals surface area contributed by atoms with Gasteiger partial charge in [0.2, 0.25) is 10.0 Å². The van der Waals surface area contributed by atoms with Gasteiger partial charge in [0.05, 0.1) is 6.04 Å². The molecule has 1 aromatic carbocycles. The van der Waals surface area contributed by atoms with Gasteiger partial charge >= 0.3 is 0 Å². The van der Waals surface area contributed by atoms with E-state index in [1.807, 2.05) is 32.9 Å². The molecule has 0 radical (unpaired) electrons. The number of primary sulfonamides is 1. The van der Waals surface area contributed by atoms with Crippen molar-refractivity contribution >= 4 is 15.8 Å². The fraction of sp³-hybridized carbons (Fsp3) is 0.267. The first-order valence-corrected chi connectivity index (χ1v) is 8.15. The molecule has 0 amide bonds. The summed E-state index contributed by atoms with van der Waals surface area (Å²) in [7, 11) is -3.80. The zero-order chi connectivity index (χ0) is 15.6. The molecule has 0 aliphatic carbocycles. The number of pyridine rings is 1. The number of aromatic nitrogens is 1. The topological polar surface area (TPSA) is 85.1 Å². The van der Waals surface area contributed by atoms with Crippen molar-refractivity contribution in [1.29, 1.82) is 0 Å². The van der Waals surface area contributed by atoms with Crippen LogP contribution in [0.5, 0.6) is 0 Å². The van der Waals surface area contributed by atoms with Crippen LogP contribution in [0.2, 0.25) is 0 Å². The average molecular weight is 305 g/mol. The third kappa shape index (κ3) is 3.59. The third-order valence-corrected chi connectivity index (χ3v) is 4.27. The smallest absolute Gasteiger partial charge is 0.241 e. The number of anilines is 1. The van der Waals surface area contributed by atoms with Crippen molar-refractivity contribution in [3.63, 3.8) is 0 Å². The molecule has 0 aliphatic heterocycles. The van der Waals surface area contributed by atoms with E-state index < -0.39 is 10.0 Å². The first kappa shape index (κ1) is 15.5. The molecule has 0 saturated carbocycles. The summed E-state index contributed by atoms with van der Waals surface area (Å²) in [6.45, 7) is 6.00. The van der Waals surface area contributed by atoms with Crippen LogP contribution in [0.4, 0.5) is 5.82 Å². The van der Waals surface area contributed by atoms with E-state index in [1.165, 1.54) is 12.3 Å². The molecule has 0 spiro atoms. The van der Waals surface area contributed by atoms with Gasteiger partial charge in [-0.2, -0.15) is 0 Å². The third-order valence-electron chi connectivity index (χ3n) is 3.33. The van der Waals surface area contributed by atoms with E-state index in [9.17, 15) is 8.42 Å². The lowest BCUT2D eigenvalue weighted by atomic mass is 10.00. The Morgan fingerprint density at radius 1 is 1.24 bits per heavy atom. The summed E-state index contributed by atoms with van der Waals surface area (Å²) in [6.07, 6.45) is 1.53. The Balaban J connectivity index is 2.37. The minimum Gasteiger partial charge on any atom is -0.362 e. The Kier molecular flexibility index (Phi) is 4.29. The van der Waals surface area contributed by atoms with Crippen LogP contribution in [0.3, 0.4) is 0 Å². The summed E-state index contributed by atoms with van der Waals surface area (Å²) >= 11 is 0. The van der Waals surface area contributed by atoms with Crippen LogP contribution in [-0.4, -0.2) is 13.4 Å². The summed E-state index contributed by atoms with van der Waals surface area (Å²) in [6, 6.07) is 9.07. The maximum absolute atomic E-state index is 11.6. The van der Waals surface area contributed by atoms with Gasteiger partial charge in [-0.15, -0.1) is 0 Å². The van der Waals surface area contributed by atoms with Gasteiger partial charge in [0.1, 0.15) is 10.7 Å². The van der Waals surface area contributed by atoms with Crippen LogP contribution in [0, 0.1) is 13.8 Å². The van der Waals surface area contributed by atoms with Crippen molar-refractivity contribution in [2.24, 2.45) is 5.14 Å². The van der Waals surface area contributed by atoms with E-state index in [4.69, 9.17) is 5.14 Å². The van der Waals surface area contributed by atoms with Gasteiger partial charge in [-0.3, -0.25) is 0 Å². The summed E-state index contributed by atoms with van der Waals surface area (Å²) in [4.78, 5) is 4.09. The van der Waals surface area contributed by atoms with E-state index in [1.54, 1.807) is 6.07 Å². The lowest BCUT2D eigenvalue weighted by Crippen LogP contribution is -2.17. The van der Waals surface area contributed by atoms with E-state index in [0.717, 1.165) is 16.7 Å². The quantitative estimate of drug-likeness (QED) is 0.909. The van der Waals surface area contributed by atoms with Gasteiger partial charge in [-0.25, -0.2) is 18.5 Å². The van der Waals surface area contributed by atoms with Crippen molar-refractivity contribution in [1.82, 2.24) is 4.98 Å². The highest BCUT2D eigenvalue weighted by molar-refractivity contribution is 7.89. The molecule has 0 aliphatic rings. The number of hydrogen-bond donors (Lipinski definition) is 2. The number of benzene rings is 1. The van der Waals surface area contributed by atoms with E-state index in [0.29, 0.717) is 0 Å². The molecule has 2 aromatic rings. The number of sulfonamides is 1. The lowest BCUT2D eigenvalue weighted by molar-refractivity contribution is 0.597. The number of nitrogens with one attached hydrogen (secondary N) is 1. The van der Waals surface area contributed by atoms with Gasteiger partial charge in [-0.05, 0) is 44.0 Å². The lowest BCUT2D eigenvalue weighted by Gasteiger charge is -2.19. The van der Waals surface area contributed by atoms with Crippen molar-refractivity contribution in [2.75, 3.05) is 5.32 Å². The molecule has 0 saturated heterocycles. The molecule has 0 fully saturated rings. The number of rotatable bonds is 4. The Hall–Kier alpha value is -1.92. The maximum atomic E-state index is 11.6. The zero-order valence-electron chi connectivity index (χ0n) is 12.3. The molecular formula is C15H19N3O2S. The van der Waals surface area contributed by atoms with Crippen LogP contribution in [0.1, 0.15) is 29.7 Å². The summed E-state index contributed by atoms with van der Waals surface area (Å²) < 4.78 is 23.2. The highest BCUT2D eigenvalue weighted by Crippen LogP contribution is 2.25. The Morgan fingerprint density at radius 2 is 1.95 bits per heavy atom. The maximum Gasteiger partial charge on any atom is 0.241 e. The molecule has 5 nitrogen and oxygen atoms in total. The normalized spacial score (nSPS) is 13.0. The van der Waals surface area contributed by atoms with Crippen LogP contribution in [0.15, 0.2) is 41.4 Å². The van der Waals surface area contributed by atoms with Crippen LogP contribution < -0.4 is 10.5 Å². The Morgan fingerprint density at radius 3 is 2.62 bits per heavy atom. The molecule has 6 heteroatoms. The van der Waals surface area contributed by atoms with E-state index in [2.05, 4.69) is 16.4 Å². The predicted molar refractivity (Wildman–Crippen MR) is 83.6 cm³/mol. The van der Waals surface area contributed by atoms with Gasteiger partial charge < -0.3 is 5.32 Å². The minimum atomic E-state index is -3.80. The number of hydrogen-bond acceptors (Lipinski definition) is 4. The van der Waals surface area contributed by atoms with Gasteiger partial charge in [-0.1, -0.05) is 23.8 Å². The molecule has 0 bridgehead atoms. The second-order valence-corrected chi connectivity index (χ2v) is 6.65. The fourth-order valence-electron chi connectivity index (χ4n) is 2.24. The molecular weight excluding hydrogens is 286 g/mol. The molecule has 1 aromatic heterocycles. The predicted octanol–water partition coefficient (Wildman–Crippen LogP) is 2.52. The summed E-state index contributed by atoms with van der Waals surface area (Å²) in [5, 5.41) is 8.35. The highest BCUT2D eigenvalue weighted by atomic mass is 32.2. The second-order valence-electron chi connectivity index (χ2n) is 5.12. The van der Waals surface area contributed by atoms with E-state index >= 15 is 0 Å². The van der Waals surface area contributed by atoms with Crippen molar-refractivity contribution in [2.45, 2.75) is 31.7 Å². The Labute approximate surface area is 125 Å². The molecule has 1 atom stereocenters. The van der Waals surface area contributed by atoms with Crippen LogP contribution in [0.25, 0.3) is 0 Å². The Bertz CT molecular complexity index is 757. The molecule has 21 heavy (non-hydrogen) atoms. The molecule has 112 valence electrons. The van der Waals surface area contributed by atoms with Crippen LogP contribution >= 0.6 is 0 Å². The SMILES string of the molecule is Cc1ccc(C)c([C@H](C)Nc2ncccc2S(N)(=O)=O)c1.